The lowest BCUT2D eigenvalue weighted by molar-refractivity contribution is 0.613. The first-order valence-corrected chi connectivity index (χ1v) is 11.1. The monoisotopic (exact) mass is 470 g/mol. The van der Waals surface area contributed by atoms with Crippen LogP contribution >= 0.6 is 15.9 Å². The largest absolute Gasteiger partial charge is 0.369 e. The molecule has 1 fully saturated rings. The van der Waals surface area contributed by atoms with Crippen LogP contribution in [0.1, 0.15) is 50.4 Å². The van der Waals surface area contributed by atoms with Crippen molar-refractivity contribution in [3.05, 3.63) is 68.4 Å². The highest BCUT2D eigenvalue weighted by molar-refractivity contribution is 9.10. The van der Waals surface area contributed by atoms with Gasteiger partial charge in [-0.1, -0.05) is 35.8 Å². The van der Waals surface area contributed by atoms with Crippen molar-refractivity contribution < 1.29 is 4.39 Å². The van der Waals surface area contributed by atoms with Crippen LogP contribution in [0.5, 0.6) is 0 Å². The van der Waals surface area contributed by atoms with Crippen LogP contribution in [0.15, 0.2) is 50.8 Å². The summed E-state index contributed by atoms with van der Waals surface area (Å²) in [5.74, 6) is 0.385. The standard InChI is InChI=1S/C23H24BrFN4O/c1-3-15(2)22-27-20-8-7-17(24)13-18(20)23(30)29(22)26-14-16-6-9-21(19(25)12-16)28-10-4-5-11-28/h6-9,12-15H,3-5,10-11H2,1-2H3/t15-/m1/s1. The highest BCUT2D eigenvalue weighted by Gasteiger charge is 2.17. The molecule has 0 N–H and O–H groups in total. The van der Waals surface area contributed by atoms with E-state index in [1.54, 1.807) is 12.1 Å². The van der Waals surface area contributed by atoms with E-state index in [9.17, 15) is 9.18 Å². The lowest BCUT2D eigenvalue weighted by Crippen LogP contribution is -2.23. The second-order valence-corrected chi connectivity index (χ2v) is 8.62. The molecular weight excluding hydrogens is 447 g/mol. The van der Waals surface area contributed by atoms with Crippen LogP contribution < -0.4 is 10.5 Å². The lowest BCUT2D eigenvalue weighted by Gasteiger charge is -2.18. The Hall–Kier alpha value is -2.54. The van der Waals surface area contributed by atoms with Crippen molar-refractivity contribution in [1.82, 2.24) is 9.66 Å². The van der Waals surface area contributed by atoms with Crippen molar-refractivity contribution in [2.45, 2.75) is 39.0 Å². The number of hydrogen-bond donors (Lipinski definition) is 0. The summed E-state index contributed by atoms with van der Waals surface area (Å²) in [5, 5.41) is 4.90. The number of fused-ring (bicyclic) bond motifs is 1. The second kappa shape index (κ2) is 8.68. The fourth-order valence-electron chi connectivity index (χ4n) is 3.72. The Bertz CT molecular complexity index is 1170. The van der Waals surface area contributed by atoms with Crippen LogP contribution in [0.25, 0.3) is 10.9 Å². The van der Waals surface area contributed by atoms with E-state index in [0.29, 0.717) is 28.0 Å². The predicted molar refractivity (Wildman–Crippen MR) is 123 cm³/mol. The Balaban J connectivity index is 1.75. The van der Waals surface area contributed by atoms with Crippen molar-refractivity contribution in [3.8, 4) is 0 Å². The van der Waals surface area contributed by atoms with Gasteiger partial charge in [0.2, 0.25) is 0 Å². The third-order valence-electron chi connectivity index (χ3n) is 5.63. The van der Waals surface area contributed by atoms with Gasteiger partial charge in [0, 0.05) is 23.5 Å². The Morgan fingerprint density at radius 1 is 1.23 bits per heavy atom. The van der Waals surface area contributed by atoms with Gasteiger partial charge in [0.15, 0.2) is 0 Å². The van der Waals surface area contributed by atoms with E-state index in [2.05, 4.69) is 25.9 Å². The molecule has 0 bridgehead atoms. The number of hydrogen-bond acceptors (Lipinski definition) is 4. The quantitative estimate of drug-likeness (QED) is 0.475. The average Bonchev–Trinajstić information content (AvgIpc) is 3.27. The van der Waals surface area contributed by atoms with Crippen LogP contribution in [-0.4, -0.2) is 29.0 Å². The molecule has 7 heteroatoms. The maximum absolute atomic E-state index is 14.6. The average molecular weight is 471 g/mol. The van der Waals surface area contributed by atoms with Gasteiger partial charge in [-0.3, -0.25) is 4.79 Å². The van der Waals surface area contributed by atoms with Crippen LogP contribution in [0.4, 0.5) is 10.1 Å². The third-order valence-corrected chi connectivity index (χ3v) is 6.12. The van der Waals surface area contributed by atoms with Crippen molar-refractivity contribution in [1.29, 1.82) is 0 Å². The van der Waals surface area contributed by atoms with Gasteiger partial charge in [0.25, 0.3) is 5.56 Å². The van der Waals surface area contributed by atoms with Crippen molar-refractivity contribution in [3.63, 3.8) is 0 Å². The molecule has 1 saturated heterocycles. The Kier molecular flexibility index (Phi) is 5.99. The number of aromatic nitrogens is 2. The van der Waals surface area contributed by atoms with Crippen molar-refractivity contribution in [2.24, 2.45) is 5.10 Å². The highest BCUT2D eigenvalue weighted by atomic mass is 79.9. The molecule has 0 unspecified atom stereocenters. The van der Waals surface area contributed by atoms with Crippen LogP contribution in [0.2, 0.25) is 0 Å². The van der Waals surface area contributed by atoms with E-state index < -0.39 is 0 Å². The molecule has 0 radical (unpaired) electrons. The smallest absolute Gasteiger partial charge is 0.282 e. The molecule has 2 aromatic carbocycles. The maximum atomic E-state index is 14.6. The van der Waals surface area contributed by atoms with Crippen molar-refractivity contribution >= 4 is 38.7 Å². The maximum Gasteiger partial charge on any atom is 0.282 e. The first-order valence-electron chi connectivity index (χ1n) is 10.3. The lowest BCUT2D eigenvalue weighted by atomic mass is 10.1. The summed E-state index contributed by atoms with van der Waals surface area (Å²) in [5.41, 5.74) is 1.64. The van der Waals surface area contributed by atoms with Gasteiger partial charge < -0.3 is 4.90 Å². The Morgan fingerprint density at radius 2 is 2.00 bits per heavy atom. The van der Waals surface area contributed by atoms with E-state index in [-0.39, 0.29) is 17.3 Å². The van der Waals surface area contributed by atoms with E-state index in [4.69, 9.17) is 4.98 Å². The van der Waals surface area contributed by atoms with Gasteiger partial charge >= 0.3 is 0 Å². The summed E-state index contributed by atoms with van der Waals surface area (Å²) in [4.78, 5) is 19.9. The number of benzene rings is 2. The van der Waals surface area contributed by atoms with Gasteiger partial charge in [-0.2, -0.15) is 9.78 Å². The molecule has 3 aromatic rings. The summed E-state index contributed by atoms with van der Waals surface area (Å²) >= 11 is 3.41. The normalized spacial score (nSPS) is 15.4. The molecule has 0 aliphatic carbocycles. The van der Waals surface area contributed by atoms with Crippen LogP contribution in [0, 0.1) is 5.82 Å². The molecule has 30 heavy (non-hydrogen) atoms. The fourth-order valence-corrected chi connectivity index (χ4v) is 4.08. The van der Waals surface area contributed by atoms with Gasteiger partial charge in [0.1, 0.15) is 11.6 Å². The topological polar surface area (TPSA) is 50.5 Å². The molecule has 0 spiro atoms. The molecular formula is C23H24BrFN4O. The molecule has 5 nitrogen and oxygen atoms in total. The molecule has 1 aliphatic rings. The minimum atomic E-state index is -0.268. The second-order valence-electron chi connectivity index (χ2n) is 7.71. The van der Waals surface area contributed by atoms with Crippen LogP contribution in [-0.2, 0) is 0 Å². The highest BCUT2D eigenvalue weighted by Crippen LogP contribution is 2.24. The molecule has 156 valence electrons. The summed E-state index contributed by atoms with van der Waals surface area (Å²) in [6.45, 7) is 5.83. The first-order chi connectivity index (χ1) is 14.5. The van der Waals surface area contributed by atoms with E-state index in [1.807, 2.05) is 32.0 Å². The molecule has 1 aliphatic heterocycles. The van der Waals surface area contributed by atoms with Gasteiger partial charge in [-0.15, -0.1) is 0 Å². The fraction of sp³-hybridized carbons (Fsp3) is 0.348. The molecule has 0 saturated carbocycles. The summed E-state index contributed by atoms with van der Waals surface area (Å²) in [6, 6.07) is 10.5. The molecule has 1 atom stereocenters. The molecule has 0 amide bonds. The zero-order chi connectivity index (χ0) is 21.3. The van der Waals surface area contributed by atoms with Gasteiger partial charge in [-0.05, 0) is 55.2 Å². The summed E-state index contributed by atoms with van der Waals surface area (Å²) < 4.78 is 16.8. The number of anilines is 1. The Labute approximate surface area is 183 Å². The zero-order valence-corrected chi connectivity index (χ0v) is 18.7. The minimum absolute atomic E-state index is 0.0529. The van der Waals surface area contributed by atoms with Gasteiger partial charge in [0.05, 0.1) is 22.8 Å². The number of rotatable bonds is 5. The molecule has 1 aromatic heterocycles. The SMILES string of the molecule is CC[C@@H](C)c1nc2ccc(Br)cc2c(=O)n1N=Cc1ccc(N2CCCC2)c(F)c1. The minimum Gasteiger partial charge on any atom is -0.369 e. The van der Waals surface area contributed by atoms with Crippen LogP contribution in [0.3, 0.4) is 0 Å². The van der Waals surface area contributed by atoms with Gasteiger partial charge in [-0.25, -0.2) is 9.37 Å². The molecule has 2 heterocycles. The third kappa shape index (κ3) is 4.03. The zero-order valence-electron chi connectivity index (χ0n) is 17.1. The molecule has 4 rings (SSSR count). The van der Waals surface area contributed by atoms with E-state index >= 15 is 0 Å². The summed E-state index contributed by atoms with van der Waals surface area (Å²) in [7, 11) is 0. The number of halogens is 2. The summed E-state index contributed by atoms with van der Waals surface area (Å²) in [6.07, 6.45) is 4.53. The first kappa shape index (κ1) is 20.7. The van der Waals surface area contributed by atoms with E-state index in [1.165, 1.54) is 17.0 Å². The number of nitrogens with zero attached hydrogens (tertiary/aromatic N) is 4. The van der Waals surface area contributed by atoms with E-state index in [0.717, 1.165) is 36.8 Å². The predicted octanol–water partition coefficient (Wildman–Crippen LogP) is 5.29. The van der Waals surface area contributed by atoms with Crippen molar-refractivity contribution in [2.75, 3.05) is 18.0 Å². The Morgan fingerprint density at radius 3 is 2.70 bits per heavy atom.